The Kier molecular flexibility index (Phi) is 5.63. The topological polar surface area (TPSA) is 92.1 Å². The molecule has 1 atom stereocenters. The molecule has 2 fully saturated rings. The Bertz CT molecular complexity index is 993. The number of aromatic nitrogens is 6. The fourth-order valence-corrected chi connectivity index (χ4v) is 5.16. The molecule has 0 spiro atoms. The molecule has 10 heteroatoms. The van der Waals surface area contributed by atoms with E-state index in [1.54, 1.807) is 6.20 Å². The van der Waals surface area contributed by atoms with Crippen LogP contribution in [0.1, 0.15) is 68.4 Å². The molecular formula is C18H24ClN7OS. The van der Waals surface area contributed by atoms with Gasteiger partial charge in [0.15, 0.2) is 5.82 Å². The van der Waals surface area contributed by atoms with E-state index >= 15 is 0 Å². The minimum absolute atomic E-state index is 0. The second-order valence-corrected chi connectivity index (χ2v) is 8.50. The normalized spacial score (nSPS) is 21.0. The van der Waals surface area contributed by atoms with Crippen molar-refractivity contribution in [2.45, 2.75) is 56.8 Å². The van der Waals surface area contributed by atoms with E-state index < -0.39 is 0 Å². The Hall–Kier alpha value is -2.00. The molecule has 1 N–H and O–H groups in total. The van der Waals surface area contributed by atoms with E-state index in [2.05, 4.69) is 25.2 Å². The third kappa shape index (κ3) is 3.65. The average Bonchev–Trinajstić information content (AvgIpc) is 3.37. The van der Waals surface area contributed by atoms with Gasteiger partial charge in [-0.2, -0.15) is 9.61 Å². The molecule has 3 aromatic heterocycles. The van der Waals surface area contributed by atoms with Gasteiger partial charge in [-0.1, -0.05) is 30.6 Å². The van der Waals surface area contributed by atoms with Crippen LogP contribution in [0.15, 0.2) is 17.1 Å². The highest BCUT2D eigenvalue weighted by molar-refractivity contribution is 7.20. The molecule has 4 heterocycles. The minimum Gasteiger partial charge on any atom is -0.346 e. The van der Waals surface area contributed by atoms with Crippen molar-refractivity contribution in [2.75, 3.05) is 18.0 Å². The number of nitrogens with zero attached hydrogens (tertiary/aromatic N) is 6. The van der Waals surface area contributed by atoms with Crippen LogP contribution in [0, 0.1) is 0 Å². The predicted octanol–water partition coefficient (Wildman–Crippen LogP) is 3.12. The second kappa shape index (κ2) is 8.16. The molecule has 8 nitrogen and oxygen atoms in total. The predicted molar refractivity (Wildman–Crippen MR) is 111 cm³/mol. The fourth-order valence-electron chi connectivity index (χ4n) is 4.25. The summed E-state index contributed by atoms with van der Waals surface area (Å²) >= 11 is 1.46. The van der Waals surface area contributed by atoms with Gasteiger partial charge < -0.3 is 4.90 Å². The zero-order valence-corrected chi connectivity index (χ0v) is 17.2. The lowest BCUT2D eigenvalue weighted by atomic mass is 9.89. The Balaban J connectivity index is 0.00000192. The molecule has 0 amide bonds. The van der Waals surface area contributed by atoms with Crippen LogP contribution in [0.5, 0.6) is 0 Å². The number of piperidine rings is 1. The number of anilines is 1. The van der Waals surface area contributed by atoms with Crippen LogP contribution in [0.2, 0.25) is 0 Å². The highest BCUT2D eigenvalue weighted by atomic mass is 35.5. The molecule has 1 saturated carbocycles. The van der Waals surface area contributed by atoms with Crippen molar-refractivity contribution < 1.29 is 0 Å². The summed E-state index contributed by atoms with van der Waals surface area (Å²) in [5, 5.41) is 13.1. The maximum Gasteiger partial charge on any atom is 0.275 e. The average molecular weight is 422 g/mol. The van der Waals surface area contributed by atoms with E-state index in [4.69, 9.17) is 4.98 Å². The van der Waals surface area contributed by atoms with Gasteiger partial charge in [0.05, 0.1) is 0 Å². The van der Waals surface area contributed by atoms with Crippen molar-refractivity contribution in [3.8, 4) is 0 Å². The Morgan fingerprint density at radius 2 is 1.93 bits per heavy atom. The zero-order chi connectivity index (χ0) is 18.2. The molecule has 28 heavy (non-hydrogen) atoms. The molecule has 1 aliphatic carbocycles. The van der Waals surface area contributed by atoms with E-state index in [1.807, 2.05) is 0 Å². The number of nitrogens with one attached hydrogen (secondary N) is 1. The van der Waals surface area contributed by atoms with Crippen molar-refractivity contribution in [2.24, 2.45) is 0 Å². The van der Waals surface area contributed by atoms with E-state index in [0.29, 0.717) is 16.8 Å². The van der Waals surface area contributed by atoms with E-state index in [9.17, 15) is 4.79 Å². The maximum absolute atomic E-state index is 11.9. The molecule has 0 radical (unpaired) electrons. The minimum atomic E-state index is -0.137. The first-order valence-electron chi connectivity index (χ1n) is 9.80. The summed E-state index contributed by atoms with van der Waals surface area (Å²) in [7, 11) is 0. The summed E-state index contributed by atoms with van der Waals surface area (Å²) in [4.78, 5) is 23.9. The molecule has 3 aromatic rings. The summed E-state index contributed by atoms with van der Waals surface area (Å²) in [6.07, 6.45) is 10.1. The summed E-state index contributed by atoms with van der Waals surface area (Å²) in [5.74, 6) is 2.83. The first-order chi connectivity index (χ1) is 13.3. The van der Waals surface area contributed by atoms with Gasteiger partial charge >= 0.3 is 0 Å². The lowest BCUT2D eigenvalue weighted by molar-refractivity contribution is 0.428. The SMILES string of the molecule is Cl.O=c1ccnc2sc(N3CCCC(c4n[nH]c(C5CCCCC5)n4)C3)nn12. The molecule has 150 valence electrons. The zero-order valence-electron chi connectivity index (χ0n) is 15.6. The van der Waals surface area contributed by atoms with Crippen LogP contribution in [0.4, 0.5) is 5.13 Å². The first kappa shape index (κ1) is 19.3. The van der Waals surface area contributed by atoms with Gasteiger partial charge in [-0.05, 0) is 25.7 Å². The quantitative estimate of drug-likeness (QED) is 0.698. The molecule has 5 rings (SSSR count). The Labute approximate surface area is 172 Å². The van der Waals surface area contributed by atoms with Crippen LogP contribution in [-0.2, 0) is 0 Å². The molecule has 1 unspecified atom stereocenters. The van der Waals surface area contributed by atoms with Gasteiger partial charge in [0, 0.05) is 37.2 Å². The summed E-state index contributed by atoms with van der Waals surface area (Å²) in [6.45, 7) is 1.77. The van der Waals surface area contributed by atoms with Crippen LogP contribution in [-0.4, -0.2) is 42.9 Å². The third-order valence-electron chi connectivity index (χ3n) is 5.73. The van der Waals surface area contributed by atoms with Crippen molar-refractivity contribution in [3.63, 3.8) is 0 Å². The monoisotopic (exact) mass is 421 g/mol. The van der Waals surface area contributed by atoms with Gasteiger partial charge in [0.25, 0.3) is 5.56 Å². The maximum atomic E-state index is 11.9. The number of halogens is 1. The number of hydrogen-bond acceptors (Lipinski definition) is 7. The van der Waals surface area contributed by atoms with Gasteiger partial charge in [-0.15, -0.1) is 17.5 Å². The van der Waals surface area contributed by atoms with E-state index in [0.717, 1.165) is 42.7 Å². The van der Waals surface area contributed by atoms with Crippen LogP contribution in [0.25, 0.3) is 4.96 Å². The number of H-pyrrole nitrogens is 1. The largest absolute Gasteiger partial charge is 0.346 e. The summed E-state index contributed by atoms with van der Waals surface area (Å²) in [5.41, 5.74) is -0.137. The number of hydrogen-bond donors (Lipinski definition) is 1. The summed E-state index contributed by atoms with van der Waals surface area (Å²) in [6, 6.07) is 1.44. The highest BCUT2D eigenvalue weighted by Gasteiger charge is 2.28. The van der Waals surface area contributed by atoms with E-state index in [-0.39, 0.29) is 18.0 Å². The van der Waals surface area contributed by atoms with Gasteiger partial charge in [0.1, 0.15) is 5.82 Å². The first-order valence-corrected chi connectivity index (χ1v) is 10.6. The lowest BCUT2D eigenvalue weighted by Gasteiger charge is -2.30. The number of aromatic amines is 1. The van der Waals surface area contributed by atoms with Gasteiger partial charge in [0.2, 0.25) is 10.1 Å². The fraction of sp³-hybridized carbons (Fsp3) is 0.611. The number of rotatable bonds is 3. The van der Waals surface area contributed by atoms with E-state index in [1.165, 1.54) is 54.0 Å². The van der Waals surface area contributed by atoms with Crippen LogP contribution >= 0.6 is 23.7 Å². The Morgan fingerprint density at radius 3 is 2.75 bits per heavy atom. The molecule has 1 saturated heterocycles. The summed E-state index contributed by atoms with van der Waals surface area (Å²) < 4.78 is 1.39. The molecule has 0 aromatic carbocycles. The van der Waals surface area contributed by atoms with Crippen molar-refractivity contribution in [1.82, 2.24) is 29.8 Å². The lowest BCUT2D eigenvalue weighted by Crippen LogP contribution is -2.35. The van der Waals surface area contributed by atoms with Crippen LogP contribution in [0.3, 0.4) is 0 Å². The molecule has 2 aliphatic rings. The molecule has 0 bridgehead atoms. The molecule has 1 aliphatic heterocycles. The molecular weight excluding hydrogens is 398 g/mol. The second-order valence-electron chi connectivity index (χ2n) is 7.56. The van der Waals surface area contributed by atoms with Gasteiger partial charge in [-0.3, -0.25) is 9.89 Å². The van der Waals surface area contributed by atoms with Crippen molar-refractivity contribution in [3.05, 3.63) is 34.3 Å². The smallest absolute Gasteiger partial charge is 0.275 e. The van der Waals surface area contributed by atoms with Gasteiger partial charge in [-0.25, -0.2) is 9.97 Å². The number of fused-ring (bicyclic) bond motifs is 1. The third-order valence-corrected chi connectivity index (χ3v) is 6.71. The standard InChI is InChI=1S/C18H23N7OS.ClH/c26-14-8-9-19-17-25(14)23-18(27-17)24-10-4-7-13(11-24)16-20-15(21-22-16)12-5-2-1-3-6-12;/h8-9,12-13H,1-7,10-11H2,(H,20,21,22);1H. The highest BCUT2D eigenvalue weighted by Crippen LogP contribution is 2.33. The Morgan fingerprint density at radius 1 is 1.11 bits per heavy atom. The van der Waals surface area contributed by atoms with Crippen LogP contribution < -0.4 is 10.5 Å². The van der Waals surface area contributed by atoms with Crippen molar-refractivity contribution >= 4 is 33.8 Å². The van der Waals surface area contributed by atoms with Crippen molar-refractivity contribution in [1.29, 1.82) is 0 Å².